The molecule has 32 heavy (non-hydrogen) atoms. The van der Waals surface area contributed by atoms with Crippen LogP contribution >= 0.6 is 23.5 Å². The minimum atomic E-state index is -1.20. The monoisotopic (exact) mass is 480 g/mol. The second-order valence-electron chi connectivity index (χ2n) is 7.46. The molecular formula is C24H24N4OS3. The first-order valence-corrected chi connectivity index (χ1v) is 13.9. The second-order valence-corrected chi connectivity index (χ2v) is 11.1. The van der Waals surface area contributed by atoms with E-state index in [1.54, 1.807) is 6.20 Å². The molecule has 4 heterocycles. The lowest BCUT2D eigenvalue weighted by Gasteiger charge is -2.11. The van der Waals surface area contributed by atoms with E-state index in [2.05, 4.69) is 72.3 Å². The van der Waals surface area contributed by atoms with Crippen molar-refractivity contribution in [1.29, 1.82) is 0 Å². The van der Waals surface area contributed by atoms with Gasteiger partial charge in [-0.2, -0.15) is 0 Å². The summed E-state index contributed by atoms with van der Waals surface area (Å²) in [7, 11) is -1.20. The summed E-state index contributed by atoms with van der Waals surface area (Å²) >= 11 is 3.71. The molecule has 0 saturated heterocycles. The molecule has 8 heteroatoms. The molecule has 0 spiro atoms. The molecule has 1 unspecified atom stereocenters. The Balaban J connectivity index is 1.51. The summed E-state index contributed by atoms with van der Waals surface area (Å²) in [6.45, 7) is 4.38. The molecule has 6 rings (SSSR count). The third-order valence-corrected chi connectivity index (χ3v) is 8.82. The maximum absolute atomic E-state index is 12.8. The fourth-order valence-corrected chi connectivity index (χ4v) is 6.27. The van der Waals surface area contributed by atoms with Gasteiger partial charge in [-0.05, 0) is 60.7 Å². The van der Waals surface area contributed by atoms with Gasteiger partial charge in [-0.25, -0.2) is 14.2 Å². The number of hydrogen-bond donors (Lipinski definition) is 0. The highest BCUT2D eigenvalue weighted by Crippen LogP contribution is 2.38. The predicted octanol–water partition coefficient (Wildman–Crippen LogP) is 6.21. The fraction of sp³-hybridized carbons (Fsp3) is 0.250. The Morgan fingerprint density at radius 3 is 2.12 bits per heavy atom. The fourth-order valence-electron chi connectivity index (χ4n) is 3.63. The zero-order chi connectivity index (χ0) is 22.1. The number of rotatable bonds is 9. The minimum Gasteiger partial charge on any atom is -0.283 e. The van der Waals surface area contributed by atoms with Crippen LogP contribution in [0.15, 0.2) is 80.9 Å². The SMILES string of the molecule is CCCSc1ccc(-c2nccn2-c2c3nc(n2-c2ccc(SCCC)cc2)S3=O)cc1. The van der Waals surface area contributed by atoms with Gasteiger partial charge in [-0.3, -0.25) is 9.13 Å². The van der Waals surface area contributed by atoms with Crippen LogP contribution in [0.4, 0.5) is 0 Å². The average molecular weight is 481 g/mol. The lowest BCUT2D eigenvalue weighted by molar-refractivity contribution is 0.660. The summed E-state index contributed by atoms with van der Waals surface area (Å²) in [4.78, 5) is 11.6. The van der Waals surface area contributed by atoms with Crippen molar-refractivity contribution in [1.82, 2.24) is 19.1 Å². The van der Waals surface area contributed by atoms with E-state index in [-0.39, 0.29) is 0 Å². The van der Waals surface area contributed by atoms with E-state index < -0.39 is 10.8 Å². The van der Waals surface area contributed by atoms with Gasteiger partial charge >= 0.3 is 0 Å². The van der Waals surface area contributed by atoms with Crippen molar-refractivity contribution in [2.75, 3.05) is 11.5 Å². The van der Waals surface area contributed by atoms with E-state index >= 15 is 0 Å². The van der Waals surface area contributed by atoms with Crippen molar-refractivity contribution in [3.8, 4) is 22.9 Å². The standard InChI is InChI=1S/C24H24N4OS3/c1-3-15-30-19-9-5-17(6-10-19)21-25-13-14-27(21)23-22-26-24(32(22)29)28(23)18-7-11-20(12-8-18)31-16-4-2/h5-14H,3-4,15-16H2,1-2H3. The van der Waals surface area contributed by atoms with Crippen molar-refractivity contribution in [3.63, 3.8) is 0 Å². The maximum Gasteiger partial charge on any atom is 0.213 e. The van der Waals surface area contributed by atoms with Gasteiger partial charge in [0.1, 0.15) is 16.6 Å². The molecule has 4 aromatic rings. The first-order chi connectivity index (χ1) is 15.7. The van der Waals surface area contributed by atoms with Crippen molar-refractivity contribution in [3.05, 3.63) is 60.9 Å². The number of thioether (sulfide) groups is 2. The Hall–Kier alpha value is -2.29. The predicted molar refractivity (Wildman–Crippen MR) is 133 cm³/mol. The van der Waals surface area contributed by atoms with Gasteiger partial charge in [0.05, 0.1) is 0 Å². The molecule has 1 atom stereocenters. The maximum atomic E-state index is 12.8. The lowest BCUT2D eigenvalue weighted by atomic mass is 10.2. The van der Waals surface area contributed by atoms with Crippen LogP contribution in [0, 0.1) is 0 Å². The molecule has 2 aliphatic rings. The normalized spacial score (nSPS) is 14.5. The van der Waals surface area contributed by atoms with E-state index in [4.69, 9.17) is 0 Å². The van der Waals surface area contributed by atoms with Gasteiger partial charge < -0.3 is 0 Å². The molecule has 2 aliphatic heterocycles. The highest BCUT2D eigenvalue weighted by molar-refractivity contribution is 7.99. The van der Waals surface area contributed by atoms with E-state index in [0.29, 0.717) is 10.2 Å². The minimum absolute atomic E-state index is 0.593. The summed E-state index contributed by atoms with van der Waals surface area (Å²) in [5, 5.41) is 1.20. The number of benzene rings is 2. The van der Waals surface area contributed by atoms with Gasteiger partial charge in [0.25, 0.3) is 0 Å². The molecule has 2 bridgehead atoms. The molecular weight excluding hydrogens is 456 g/mol. The zero-order valence-electron chi connectivity index (χ0n) is 18.0. The van der Waals surface area contributed by atoms with Crippen LogP contribution in [-0.2, 0) is 10.8 Å². The van der Waals surface area contributed by atoms with E-state index in [1.807, 2.05) is 38.9 Å². The van der Waals surface area contributed by atoms with E-state index in [1.165, 1.54) is 9.79 Å². The topological polar surface area (TPSA) is 52.7 Å². The Bertz CT molecular complexity index is 1260. The van der Waals surface area contributed by atoms with Crippen molar-refractivity contribution >= 4 is 34.3 Å². The number of imidazole rings is 2. The lowest BCUT2D eigenvalue weighted by Crippen LogP contribution is -2.06. The summed E-state index contributed by atoms with van der Waals surface area (Å²) in [6.07, 6.45) is 6.01. The summed E-state index contributed by atoms with van der Waals surface area (Å²) in [6, 6.07) is 16.9. The first kappa shape index (κ1) is 21.6. The van der Waals surface area contributed by atoms with Crippen LogP contribution in [0.2, 0.25) is 0 Å². The largest absolute Gasteiger partial charge is 0.283 e. The Morgan fingerprint density at radius 2 is 1.53 bits per heavy atom. The first-order valence-electron chi connectivity index (χ1n) is 10.8. The molecule has 0 radical (unpaired) electrons. The Morgan fingerprint density at radius 1 is 0.906 bits per heavy atom. The molecule has 0 saturated carbocycles. The van der Waals surface area contributed by atoms with Crippen LogP contribution < -0.4 is 0 Å². The van der Waals surface area contributed by atoms with Gasteiger partial charge in [-0.15, -0.1) is 23.5 Å². The van der Waals surface area contributed by atoms with Gasteiger partial charge in [0.15, 0.2) is 10.8 Å². The summed E-state index contributed by atoms with van der Waals surface area (Å²) in [5.41, 5.74) is 1.99. The molecule has 5 nitrogen and oxygen atoms in total. The zero-order valence-corrected chi connectivity index (χ0v) is 20.5. The van der Waals surface area contributed by atoms with Crippen LogP contribution in [0.1, 0.15) is 26.7 Å². The van der Waals surface area contributed by atoms with Crippen LogP contribution in [0.25, 0.3) is 22.9 Å². The van der Waals surface area contributed by atoms with Crippen LogP contribution in [0.3, 0.4) is 0 Å². The third-order valence-electron chi connectivity index (χ3n) is 5.16. The molecule has 0 amide bonds. The van der Waals surface area contributed by atoms with Crippen molar-refractivity contribution in [2.45, 2.75) is 46.7 Å². The molecule has 0 fully saturated rings. The second kappa shape index (κ2) is 9.29. The summed E-state index contributed by atoms with van der Waals surface area (Å²) in [5.74, 6) is 3.84. The molecule has 164 valence electrons. The molecule has 0 N–H and O–H groups in total. The Labute approximate surface area is 199 Å². The molecule has 2 aromatic carbocycles. The van der Waals surface area contributed by atoms with Gasteiger partial charge in [0.2, 0.25) is 5.16 Å². The van der Waals surface area contributed by atoms with Crippen LogP contribution in [0.5, 0.6) is 0 Å². The average Bonchev–Trinajstić information content (AvgIpc) is 3.53. The van der Waals surface area contributed by atoms with Gasteiger partial charge in [0, 0.05) is 33.4 Å². The number of nitrogens with zero attached hydrogens (tertiary/aromatic N) is 4. The summed E-state index contributed by atoms with van der Waals surface area (Å²) < 4.78 is 16.8. The molecule has 0 aliphatic carbocycles. The highest BCUT2D eigenvalue weighted by atomic mass is 32.2. The third kappa shape index (κ3) is 3.84. The highest BCUT2D eigenvalue weighted by Gasteiger charge is 2.38. The smallest absolute Gasteiger partial charge is 0.213 e. The van der Waals surface area contributed by atoms with E-state index in [0.717, 1.165) is 47.2 Å². The number of aromatic nitrogens is 4. The van der Waals surface area contributed by atoms with Crippen molar-refractivity contribution in [2.24, 2.45) is 0 Å². The quantitative estimate of drug-likeness (QED) is 0.235. The number of fused-ring (bicyclic) bond motifs is 1. The molecule has 2 aromatic heterocycles. The van der Waals surface area contributed by atoms with Gasteiger partial charge in [-0.1, -0.05) is 26.0 Å². The number of hydrogen-bond acceptors (Lipinski definition) is 5. The van der Waals surface area contributed by atoms with Crippen molar-refractivity contribution < 1.29 is 4.21 Å². The Kier molecular flexibility index (Phi) is 6.26. The van der Waals surface area contributed by atoms with Crippen LogP contribution in [-0.4, -0.2) is 34.8 Å². The van der Waals surface area contributed by atoms with E-state index in [9.17, 15) is 4.21 Å².